The van der Waals surface area contributed by atoms with Crippen molar-refractivity contribution in [2.24, 2.45) is 0 Å². The van der Waals surface area contributed by atoms with Crippen LogP contribution in [0, 0.1) is 3.57 Å². The van der Waals surface area contributed by atoms with E-state index >= 15 is 0 Å². The molecular weight excluding hydrogens is 539 g/mol. The van der Waals surface area contributed by atoms with Gasteiger partial charge in [-0.1, -0.05) is 23.7 Å². The number of carbonyl (C=O) groups is 1. The Labute approximate surface area is 176 Å². The number of hydrogen-bond acceptors (Lipinski definition) is 3. The molecule has 4 nitrogen and oxygen atoms in total. The molecule has 0 saturated carbocycles. The third-order valence-electron chi connectivity index (χ3n) is 3.69. The Morgan fingerprint density at radius 1 is 1.44 bits per heavy atom. The third kappa shape index (κ3) is 4.21. The van der Waals surface area contributed by atoms with Crippen molar-refractivity contribution in [2.45, 2.75) is 6.54 Å². The summed E-state index contributed by atoms with van der Waals surface area (Å²) < 4.78 is 10.2. The number of carbonyl (C=O) groups excluding carboxylic acids is 1. The van der Waals surface area contributed by atoms with Crippen LogP contribution in [0.3, 0.4) is 0 Å². The van der Waals surface area contributed by atoms with E-state index in [1.807, 2.05) is 28.8 Å². The highest BCUT2D eigenvalue weighted by atomic mass is 127. The van der Waals surface area contributed by atoms with E-state index in [0.717, 1.165) is 23.1 Å². The summed E-state index contributed by atoms with van der Waals surface area (Å²) >= 11 is 13.5. The Bertz CT molecular complexity index is 925. The Hall–Kier alpha value is -0.610. The number of ether oxygens (including phenoxy) is 1. The van der Waals surface area contributed by atoms with E-state index in [4.69, 9.17) is 16.3 Å². The van der Waals surface area contributed by atoms with Gasteiger partial charge < -0.3 is 14.6 Å². The van der Waals surface area contributed by atoms with Gasteiger partial charge in [0, 0.05) is 25.2 Å². The van der Waals surface area contributed by atoms with E-state index in [2.05, 4.69) is 49.9 Å². The second kappa shape index (κ2) is 8.39. The van der Waals surface area contributed by atoms with Crippen LogP contribution >= 0.6 is 61.5 Å². The fraction of sp³-hybridized carbons (Fsp3) is 0.235. The molecule has 2 heterocycles. The molecule has 8 heteroatoms. The molecule has 1 amide bonds. The number of halogens is 3. The molecule has 0 atom stereocenters. The number of rotatable bonds is 6. The quantitative estimate of drug-likeness (QED) is 0.339. The van der Waals surface area contributed by atoms with E-state index in [0.29, 0.717) is 30.4 Å². The molecule has 2 aromatic heterocycles. The Balaban J connectivity index is 2.04. The predicted molar refractivity (Wildman–Crippen MR) is 115 cm³/mol. The fourth-order valence-corrected chi connectivity index (χ4v) is 5.49. The lowest BCUT2D eigenvalue weighted by Gasteiger charge is -2.12. The minimum Gasteiger partial charge on any atom is -0.383 e. The van der Waals surface area contributed by atoms with Gasteiger partial charge in [0.25, 0.3) is 5.91 Å². The molecule has 3 rings (SSSR count). The molecule has 3 aromatic rings. The number of methoxy groups -OCH3 is 1. The van der Waals surface area contributed by atoms with E-state index in [9.17, 15) is 4.79 Å². The van der Waals surface area contributed by atoms with Gasteiger partial charge in [0.15, 0.2) is 0 Å². The van der Waals surface area contributed by atoms with Crippen LogP contribution in [0.5, 0.6) is 0 Å². The Morgan fingerprint density at radius 2 is 2.24 bits per heavy atom. The van der Waals surface area contributed by atoms with Gasteiger partial charge in [-0.2, -0.15) is 0 Å². The molecule has 0 fully saturated rings. The molecule has 0 saturated heterocycles. The summed E-state index contributed by atoms with van der Waals surface area (Å²) in [6.45, 7) is 1.54. The van der Waals surface area contributed by atoms with Gasteiger partial charge in [-0.3, -0.25) is 4.79 Å². The standard InChI is InChI=1S/C17H15BrClIN2O2S/c1-24-6-5-21-17(23)15-14(20)16-12(8-13(18)25-16)22(15)9-10-3-2-4-11(19)7-10/h2-4,7-8H,5-6,9H2,1H3,(H,21,23). The normalized spacial score (nSPS) is 11.2. The molecule has 0 spiro atoms. The Morgan fingerprint density at radius 3 is 2.96 bits per heavy atom. The van der Waals surface area contributed by atoms with Crippen LogP contribution in [0.15, 0.2) is 34.1 Å². The fourth-order valence-electron chi connectivity index (χ4n) is 2.61. The summed E-state index contributed by atoms with van der Waals surface area (Å²) in [5.74, 6) is -0.0944. The highest BCUT2D eigenvalue weighted by Gasteiger charge is 2.23. The summed E-state index contributed by atoms with van der Waals surface area (Å²) in [7, 11) is 1.62. The Kier molecular flexibility index (Phi) is 6.43. The molecule has 0 unspecified atom stereocenters. The topological polar surface area (TPSA) is 43.3 Å². The van der Waals surface area contributed by atoms with Gasteiger partial charge in [0.05, 0.1) is 24.2 Å². The van der Waals surface area contributed by atoms with Crippen molar-refractivity contribution in [2.75, 3.05) is 20.3 Å². The van der Waals surface area contributed by atoms with Crippen LogP contribution in [0.4, 0.5) is 0 Å². The maximum absolute atomic E-state index is 12.7. The summed E-state index contributed by atoms with van der Waals surface area (Å²) in [4.78, 5) is 12.7. The van der Waals surface area contributed by atoms with Crippen LogP contribution in [0.2, 0.25) is 5.02 Å². The molecule has 1 aromatic carbocycles. The highest BCUT2D eigenvalue weighted by molar-refractivity contribution is 14.1. The molecule has 0 aliphatic carbocycles. The van der Waals surface area contributed by atoms with Crippen molar-refractivity contribution < 1.29 is 9.53 Å². The maximum atomic E-state index is 12.7. The lowest BCUT2D eigenvalue weighted by atomic mass is 10.2. The first kappa shape index (κ1) is 19.2. The van der Waals surface area contributed by atoms with E-state index in [-0.39, 0.29) is 5.91 Å². The minimum absolute atomic E-state index is 0.0944. The summed E-state index contributed by atoms with van der Waals surface area (Å²) in [5, 5.41) is 3.61. The highest BCUT2D eigenvalue weighted by Crippen LogP contribution is 2.37. The van der Waals surface area contributed by atoms with Gasteiger partial charge in [-0.15, -0.1) is 11.3 Å². The smallest absolute Gasteiger partial charge is 0.269 e. The summed E-state index contributed by atoms with van der Waals surface area (Å²) in [6, 6.07) is 9.76. The second-order valence-electron chi connectivity index (χ2n) is 5.39. The first-order chi connectivity index (χ1) is 12.0. The number of amides is 1. The van der Waals surface area contributed by atoms with Gasteiger partial charge in [-0.25, -0.2) is 0 Å². The van der Waals surface area contributed by atoms with Gasteiger partial charge in [0.1, 0.15) is 5.69 Å². The zero-order valence-corrected chi connectivity index (χ0v) is 18.6. The lowest BCUT2D eigenvalue weighted by molar-refractivity contribution is 0.0928. The van der Waals surface area contributed by atoms with Crippen LogP contribution in [0.25, 0.3) is 10.2 Å². The van der Waals surface area contributed by atoms with E-state index in [1.165, 1.54) is 0 Å². The SMILES string of the molecule is COCCNC(=O)c1c(I)c2sc(Br)cc2n1Cc1cccc(Cl)c1. The molecule has 132 valence electrons. The zero-order chi connectivity index (χ0) is 18.0. The van der Waals surface area contributed by atoms with Crippen LogP contribution in [-0.4, -0.2) is 30.7 Å². The average Bonchev–Trinajstić information content (AvgIpc) is 3.05. The number of fused-ring (bicyclic) bond motifs is 1. The summed E-state index contributed by atoms with van der Waals surface area (Å²) in [5.41, 5.74) is 2.76. The number of nitrogens with one attached hydrogen (secondary N) is 1. The lowest BCUT2D eigenvalue weighted by Crippen LogP contribution is -2.29. The largest absolute Gasteiger partial charge is 0.383 e. The monoisotopic (exact) mass is 552 g/mol. The van der Waals surface area contributed by atoms with Gasteiger partial charge in [-0.05, 0) is 62.3 Å². The van der Waals surface area contributed by atoms with E-state index in [1.54, 1.807) is 18.4 Å². The summed E-state index contributed by atoms with van der Waals surface area (Å²) in [6.07, 6.45) is 0. The van der Waals surface area contributed by atoms with Crippen molar-refractivity contribution in [3.05, 3.63) is 54.0 Å². The number of hydrogen-bond donors (Lipinski definition) is 1. The first-order valence-corrected chi connectivity index (χ1v) is 10.6. The van der Waals surface area contributed by atoms with Gasteiger partial charge in [0.2, 0.25) is 0 Å². The number of benzene rings is 1. The van der Waals surface area contributed by atoms with Crippen LogP contribution in [-0.2, 0) is 11.3 Å². The molecular formula is C17H15BrClIN2O2S. The minimum atomic E-state index is -0.0944. The van der Waals surface area contributed by atoms with Crippen molar-refractivity contribution >= 4 is 77.6 Å². The third-order valence-corrected chi connectivity index (χ3v) is 6.98. The zero-order valence-electron chi connectivity index (χ0n) is 13.3. The molecule has 0 aliphatic heterocycles. The second-order valence-corrected chi connectivity index (χ2v) is 9.34. The maximum Gasteiger partial charge on any atom is 0.269 e. The molecule has 25 heavy (non-hydrogen) atoms. The van der Waals surface area contributed by atoms with Crippen LogP contribution in [0.1, 0.15) is 16.1 Å². The molecule has 0 bridgehead atoms. The number of thiophene rings is 1. The number of nitrogens with zero attached hydrogens (tertiary/aromatic N) is 1. The average molecular weight is 554 g/mol. The van der Waals surface area contributed by atoms with Crippen molar-refractivity contribution in [1.82, 2.24) is 9.88 Å². The van der Waals surface area contributed by atoms with Crippen molar-refractivity contribution in [3.8, 4) is 0 Å². The van der Waals surface area contributed by atoms with Crippen molar-refractivity contribution in [3.63, 3.8) is 0 Å². The molecule has 1 N–H and O–H groups in total. The van der Waals surface area contributed by atoms with Gasteiger partial charge >= 0.3 is 0 Å². The van der Waals surface area contributed by atoms with Crippen LogP contribution < -0.4 is 5.32 Å². The van der Waals surface area contributed by atoms with Crippen molar-refractivity contribution in [1.29, 1.82) is 0 Å². The molecule has 0 radical (unpaired) electrons. The molecule has 0 aliphatic rings. The van der Waals surface area contributed by atoms with E-state index < -0.39 is 0 Å². The predicted octanol–water partition coefficient (Wildman–Crippen LogP) is 5.15. The number of aromatic nitrogens is 1. The first-order valence-electron chi connectivity index (χ1n) is 7.50.